The molecule has 0 bridgehead atoms. The molecule has 90 valence electrons. The molecule has 4 nitrogen and oxygen atoms in total. The van der Waals surface area contributed by atoms with Gasteiger partial charge in [-0.25, -0.2) is 0 Å². The van der Waals surface area contributed by atoms with Crippen molar-refractivity contribution in [3.05, 3.63) is 0 Å². The standard InChI is InChI=1S/C12H20N2O2/c1-11(2)7-8(12(3,4)14(11)6)10(16)13(5)9(7)15/h7-8H,1-6H3. The van der Waals surface area contributed by atoms with Crippen LogP contribution in [0.2, 0.25) is 0 Å². The molecule has 2 aliphatic heterocycles. The van der Waals surface area contributed by atoms with E-state index in [1.165, 1.54) is 4.90 Å². The van der Waals surface area contributed by atoms with Gasteiger partial charge in [-0.05, 0) is 34.7 Å². The maximum absolute atomic E-state index is 12.1. The molecule has 0 spiro atoms. The van der Waals surface area contributed by atoms with Crippen molar-refractivity contribution in [2.24, 2.45) is 11.8 Å². The Morgan fingerprint density at radius 1 is 0.875 bits per heavy atom. The van der Waals surface area contributed by atoms with Crippen LogP contribution in [-0.2, 0) is 9.59 Å². The number of likely N-dealkylation sites (tertiary alicyclic amines) is 2. The fraction of sp³-hybridized carbons (Fsp3) is 0.833. The number of carbonyl (C=O) groups is 2. The van der Waals surface area contributed by atoms with Gasteiger partial charge in [0.1, 0.15) is 0 Å². The summed E-state index contributed by atoms with van der Waals surface area (Å²) in [6, 6.07) is 0. The molecular weight excluding hydrogens is 204 g/mol. The first-order valence-electron chi connectivity index (χ1n) is 5.69. The molecule has 2 aliphatic rings. The zero-order valence-electron chi connectivity index (χ0n) is 10.9. The van der Waals surface area contributed by atoms with Crippen LogP contribution in [0.5, 0.6) is 0 Å². The van der Waals surface area contributed by atoms with Gasteiger partial charge in [-0.3, -0.25) is 19.4 Å². The molecule has 2 unspecified atom stereocenters. The van der Waals surface area contributed by atoms with E-state index in [0.717, 1.165) is 0 Å². The molecule has 2 rings (SSSR count). The Labute approximate surface area is 96.6 Å². The van der Waals surface area contributed by atoms with Gasteiger partial charge in [0.25, 0.3) is 0 Å². The molecule has 0 aromatic carbocycles. The zero-order chi connectivity index (χ0) is 12.5. The SMILES string of the molecule is CN1C(=O)C2C(C1=O)C(C)(C)N(C)C2(C)C. The van der Waals surface area contributed by atoms with Crippen molar-refractivity contribution in [3.8, 4) is 0 Å². The smallest absolute Gasteiger partial charge is 0.234 e. The van der Waals surface area contributed by atoms with Crippen molar-refractivity contribution in [1.82, 2.24) is 9.80 Å². The van der Waals surface area contributed by atoms with Gasteiger partial charge in [-0.1, -0.05) is 0 Å². The number of hydrogen-bond acceptors (Lipinski definition) is 3. The van der Waals surface area contributed by atoms with E-state index in [4.69, 9.17) is 0 Å². The van der Waals surface area contributed by atoms with Crippen molar-refractivity contribution in [3.63, 3.8) is 0 Å². The molecule has 0 aromatic heterocycles. The summed E-state index contributed by atoms with van der Waals surface area (Å²) >= 11 is 0. The quantitative estimate of drug-likeness (QED) is 0.569. The fourth-order valence-electron chi connectivity index (χ4n) is 3.39. The molecule has 2 saturated heterocycles. The van der Waals surface area contributed by atoms with Gasteiger partial charge in [0.15, 0.2) is 0 Å². The second-order valence-corrected chi connectivity index (χ2v) is 6.06. The molecule has 0 radical (unpaired) electrons. The third-order valence-corrected chi connectivity index (χ3v) is 4.78. The minimum atomic E-state index is -0.258. The molecule has 4 heteroatoms. The average Bonchev–Trinajstić information content (AvgIpc) is 2.48. The predicted molar refractivity (Wildman–Crippen MR) is 60.7 cm³/mol. The molecule has 2 fully saturated rings. The highest BCUT2D eigenvalue weighted by molar-refractivity contribution is 6.06. The second-order valence-electron chi connectivity index (χ2n) is 6.06. The highest BCUT2D eigenvalue weighted by Crippen LogP contribution is 2.52. The first kappa shape index (κ1) is 11.6. The molecular formula is C12H20N2O2. The summed E-state index contributed by atoms with van der Waals surface area (Å²) in [6.45, 7) is 8.18. The van der Waals surface area contributed by atoms with Crippen LogP contribution in [0.3, 0.4) is 0 Å². The molecule has 0 saturated carbocycles. The number of imide groups is 1. The lowest BCUT2D eigenvalue weighted by Gasteiger charge is -2.39. The van der Waals surface area contributed by atoms with Crippen molar-refractivity contribution in [2.75, 3.05) is 14.1 Å². The third-order valence-electron chi connectivity index (χ3n) is 4.78. The maximum Gasteiger partial charge on any atom is 0.234 e. The summed E-state index contributed by atoms with van der Waals surface area (Å²) in [6.07, 6.45) is 0. The molecule has 0 aliphatic carbocycles. The Morgan fingerprint density at radius 2 is 1.19 bits per heavy atom. The Bertz CT molecular complexity index is 339. The number of carbonyl (C=O) groups excluding carboxylic acids is 2. The predicted octanol–water partition coefficient (Wildman–Crippen LogP) is 0.720. The summed E-state index contributed by atoms with van der Waals surface area (Å²) in [7, 11) is 3.59. The van der Waals surface area contributed by atoms with Crippen molar-refractivity contribution < 1.29 is 9.59 Å². The zero-order valence-corrected chi connectivity index (χ0v) is 10.9. The van der Waals surface area contributed by atoms with Crippen molar-refractivity contribution in [1.29, 1.82) is 0 Å². The van der Waals surface area contributed by atoms with Gasteiger partial charge in [0.2, 0.25) is 11.8 Å². The van der Waals surface area contributed by atoms with E-state index in [2.05, 4.69) is 4.90 Å². The molecule has 0 aromatic rings. The van der Waals surface area contributed by atoms with E-state index < -0.39 is 0 Å². The molecule has 2 amide bonds. The van der Waals surface area contributed by atoms with E-state index in [9.17, 15) is 9.59 Å². The summed E-state index contributed by atoms with van der Waals surface area (Å²) in [5.74, 6) is -0.468. The molecule has 2 heterocycles. The minimum Gasteiger partial charge on any atom is -0.294 e. The highest BCUT2D eigenvalue weighted by Gasteiger charge is 2.66. The summed E-state index contributed by atoms with van der Waals surface area (Å²) in [5, 5.41) is 0. The number of hydrogen-bond donors (Lipinski definition) is 0. The van der Waals surface area contributed by atoms with Crippen LogP contribution in [0, 0.1) is 11.8 Å². The number of fused-ring (bicyclic) bond motifs is 1. The Hall–Kier alpha value is -0.900. The van der Waals surface area contributed by atoms with Crippen LogP contribution in [0.25, 0.3) is 0 Å². The third kappa shape index (κ3) is 1.03. The largest absolute Gasteiger partial charge is 0.294 e. The lowest BCUT2D eigenvalue weighted by atomic mass is 9.79. The second kappa shape index (κ2) is 2.86. The Morgan fingerprint density at radius 3 is 1.50 bits per heavy atom. The lowest BCUT2D eigenvalue weighted by molar-refractivity contribution is -0.141. The monoisotopic (exact) mass is 224 g/mol. The highest BCUT2D eigenvalue weighted by atomic mass is 16.2. The van der Waals surface area contributed by atoms with E-state index in [-0.39, 0.29) is 34.7 Å². The number of nitrogens with zero attached hydrogens (tertiary/aromatic N) is 2. The van der Waals surface area contributed by atoms with Crippen molar-refractivity contribution >= 4 is 11.8 Å². The lowest BCUT2D eigenvalue weighted by Crippen LogP contribution is -2.51. The van der Waals surface area contributed by atoms with Crippen LogP contribution in [0.4, 0.5) is 0 Å². The molecule has 2 atom stereocenters. The van der Waals surface area contributed by atoms with Gasteiger partial charge in [-0.15, -0.1) is 0 Å². The van der Waals surface area contributed by atoms with Gasteiger partial charge in [-0.2, -0.15) is 0 Å². The van der Waals surface area contributed by atoms with Gasteiger partial charge in [0.05, 0.1) is 11.8 Å². The number of amides is 2. The first-order valence-corrected chi connectivity index (χ1v) is 5.69. The van der Waals surface area contributed by atoms with Gasteiger partial charge in [0, 0.05) is 18.1 Å². The fourth-order valence-corrected chi connectivity index (χ4v) is 3.39. The molecule has 0 N–H and O–H groups in total. The van der Waals surface area contributed by atoms with Crippen LogP contribution in [-0.4, -0.2) is 46.8 Å². The first-order chi connectivity index (χ1) is 7.13. The summed E-state index contributed by atoms with van der Waals surface area (Å²) in [4.78, 5) is 27.7. The van der Waals surface area contributed by atoms with Crippen molar-refractivity contribution in [2.45, 2.75) is 38.8 Å². The maximum atomic E-state index is 12.1. The van der Waals surface area contributed by atoms with Gasteiger partial charge >= 0.3 is 0 Å². The normalized spacial score (nSPS) is 37.0. The summed E-state index contributed by atoms with van der Waals surface area (Å²) in [5.41, 5.74) is -0.517. The average molecular weight is 224 g/mol. The van der Waals surface area contributed by atoms with Crippen LogP contribution < -0.4 is 0 Å². The Balaban J connectivity index is 2.57. The van der Waals surface area contributed by atoms with E-state index in [1.54, 1.807) is 7.05 Å². The van der Waals surface area contributed by atoms with Crippen LogP contribution in [0.15, 0.2) is 0 Å². The van der Waals surface area contributed by atoms with E-state index in [1.807, 2.05) is 34.7 Å². The van der Waals surface area contributed by atoms with E-state index >= 15 is 0 Å². The number of rotatable bonds is 0. The van der Waals surface area contributed by atoms with E-state index in [0.29, 0.717) is 0 Å². The van der Waals surface area contributed by atoms with Crippen LogP contribution in [0.1, 0.15) is 27.7 Å². The summed E-state index contributed by atoms with van der Waals surface area (Å²) < 4.78 is 0. The topological polar surface area (TPSA) is 40.6 Å². The Kier molecular flexibility index (Phi) is 2.07. The van der Waals surface area contributed by atoms with Gasteiger partial charge < -0.3 is 0 Å². The van der Waals surface area contributed by atoms with Crippen LogP contribution >= 0.6 is 0 Å². The minimum absolute atomic E-state index is 0.0302. The molecule has 16 heavy (non-hydrogen) atoms.